The van der Waals surface area contributed by atoms with Crippen molar-refractivity contribution in [3.05, 3.63) is 0 Å². The Bertz CT molecular complexity index is 717. The van der Waals surface area contributed by atoms with Gasteiger partial charge in [0.05, 0.1) is 19.8 Å². The maximum absolute atomic E-state index is 13.7. The zero-order valence-corrected chi connectivity index (χ0v) is 16.3. The summed E-state index contributed by atoms with van der Waals surface area (Å²) < 4.78 is 232. The van der Waals surface area contributed by atoms with Gasteiger partial charge in [-0.1, -0.05) is 6.92 Å². The molecule has 2 nitrogen and oxygen atoms in total. The van der Waals surface area contributed by atoms with Crippen LogP contribution in [-0.2, 0) is 9.47 Å². The molecule has 0 spiro atoms. The number of hydrogen-bond donors (Lipinski definition) is 0. The highest BCUT2D eigenvalue weighted by Crippen LogP contribution is 2.63. The molecule has 0 atom stereocenters. The average Bonchev–Trinajstić information content (AvgIpc) is 2.61. The number of hydrogen-bond acceptors (Lipinski definition) is 2. The standard InChI is InChI=1S/C15H13F17O2/c1-2-7(3-33-4-7)5-34-6-8(16,17)9(18,19)10(20,21)11(22,23)12(24,25)13(26,27)14(28,29)15(30,31)32/h2-6H2,1H3. The van der Waals surface area contributed by atoms with E-state index in [1.54, 1.807) is 0 Å². The lowest BCUT2D eigenvalue weighted by atomic mass is 9.84. The van der Waals surface area contributed by atoms with Crippen molar-refractivity contribution in [2.45, 2.75) is 61.0 Å². The molecule has 0 amide bonds. The third kappa shape index (κ3) is 4.17. The molecule has 0 aromatic rings. The second-order valence-corrected chi connectivity index (χ2v) is 7.49. The normalized spacial score (nSPS) is 19.2. The number of ether oxygens (including phenoxy) is 2. The molecule has 19 heteroatoms. The maximum Gasteiger partial charge on any atom is 0.460 e. The van der Waals surface area contributed by atoms with Crippen LogP contribution in [0.3, 0.4) is 0 Å². The summed E-state index contributed by atoms with van der Waals surface area (Å²) in [5.41, 5.74) is -1.09. The van der Waals surface area contributed by atoms with Gasteiger partial charge in [-0.15, -0.1) is 0 Å². The fourth-order valence-corrected chi connectivity index (χ4v) is 2.46. The third-order valence-electron chi connectivity index (χ3n) is 5.05. The van der Waals surface area contributed by atoms with Crippen LogP contribution in [0.1, 0.15) is 13.3 Å². The van der Waals surface area contributed by atoms with Gasteiger partial charge >= 0.3 is 47.6 Å². The van der Waals surface area contributed by atoms with E-state index in [4.69, 9.17) is 0 Å². The highest BCUT2D eigenvalue weighted by atomic mass is 19.4. The van der Waals surface area contributed by atoms with Crippen molar-refractivity contribution in [3.63, 3.8) is 0 Å². The van der Waals surface area contributed by atoms with Gasteiger partial charge in [-0.05, 0) is 6.42 Å². The highest BCUT2D eigenvalue weighted by molar-refractivity contribution is 5.15. The van der Waals surface area contributed by atoms with Crippen LogP contribution < -0.4 is 0 Å². The molecular weight excluding hydrogens is 535 g/mol. The van der Waals surface area contributed by atoms with Crippen molar-refractivity contribution in [3.8, 4) is 0 Å². The van der Waals surface area contributed by atoms with Gasteiger partial charge in [0.25, 0.3) is 0 Å². The minimum Gasteiger partial charge on any atom is -0.380 e. The van der Waals surface area contributed by atoms with Crippen LogP contribution in [0.25, 0.3) is 0 Å². The first-order valence-corrected chi connectivity index (χ1v) is 8.59. The Balaban J connectivity index is 3.33. The summed E-state index contributed by atoms with van der Waals surface area (Å²) in [6, 6.07) is 0. The van der Waals surface area contributed by atoms with Crippen LogP contribution in [0.4, 0.5) is 74.6 Å². The van der Waals surface area contributed by atoms with E-state index in [0.717, 1.165) is 0 Å². The number of alkyl halides is 17. The van der Waals surface area contributed by atoms with Crippen molar-refractivity contribution in [2.24, 2.45) is 5.41 Å². The van der Waals surface area contributed by atoms with E-state index in [2.05, 4.69) is 9.47 Å². The van der Waals surface area contributed by atoms with Gasteiger partial charge in [0.15, 0.2) is 0 Å². The van der Waals surface area contributed by atoms with E-state index in [9.17, 15) is 74.6 Å². The van der Waals surface area contributed by atoms with Crippen molar-refractivity contribution in [1.29, 1.82) is 0 Å². The Morgan fingerprint density at radius 3 is 1.24 bits per heavy atom. The summed E-state index contributed by atoms with van der Waals surface area (Å²) in [4.78, 5) is 0. The van der Waals surface area contributed by atoms with E-state index in [0.29, 0.717) is 0 Å². The molecule has 1 aliphatic heterocycles. The predicted octanol–water partition coefficient (Wildman–Crippen LogP) is 6.44. The van der Waals surface area contributed by atoms with Gasteiger partial charge < -0.3 is 9.47 Å². The van der Waals surface area contributed by atoms with E-state index < -0.39 is 66.3 Å². The lowest BCUT2D eigenvalue weighted by Crippen LogP contribution is -2.74. The molecule has 1 aliphatic rings. The number of rotatable bonds is 11. The van der Waals surface area contributed by atoms with Crippen LogP contribution in [0.2, 0.25) is 0 Å². The molecule has 0 aromatic carbocycles. The van der Waals surface area contributed by atoms with Gasteiger partial charge in [0.2, 0.25) is 0 Å². The topological polar surface area (TPSA) is 18.5 Å². The van der Waals surface area contributed by atoms with Crippen molar-refractivity contribution in [2.75, 3.05) is 26.4 Å². The van der Waals surface area contributed by atoms with Gasteiger partial charge in [0, 0.05) is 5.41 Å². The van der Waals surface area contributed by atoms with Crippen LogP contribution in [0, 0.1) is 5.41 Å². The minimum atomic E-state index is -8.63. The second-order valence-electron chi connectivity index (χ2n) is 7.49. The summed E-state index contributed by atoms with van der Waals surface area (Å²) in [6.45, 7) is -2.80. The van der Waals surface area contributed by atoms with Crippen LogP contribution in [-0.4, -0.2) is 74.1 Å². The molecule has 204 valence electrons. The molecule has 34 heavy (non-hydrogen) atoms. The van der Waals surface area contributed by atoms with Crippen molar-refractivity contribution in [1.82, 2.24) is 0 Å². The molecule has 1 saturated heterocycles. The summed E-state index contributed by atoms with van der Waals surface area (Å²) in [5.74, 6) is -56.4. The maximum atomic E-state index is 13.7. The quantitative estimate of drug-likeness (QED) is 0.277. The van der Waals surface area contributed by atoms with Gasteiger partial charge in [0.1, 0.15) is 6.61 Å². The van der Waals surface area contributed by atoms with E-state index in [1.807, 2.05) is 0 Å². The Hall–Kier alpha value is -1.27. The molecule has 0 radical (unpaired) electrons. The first kappa shape index (κ1) is 30.8. The molecule has 0 saturated carbocycles. The SMILES string of the molecule is CCC1(COCC(F)(F)C(F)(F)C(F)(F)C(F)(F)C(F)(F)C(F)(F)C(F)(F)C(F)(F)F)COC1. The Labute approximate surface area is 178 Å². The number of halogens is 17. The smallest absolute Gasteiger partial charge is 0.380 e. The molecule has 1 rings (SSSR count). The monoisotopic (exact) mass is 548 g/mol. The van der Waals surface area contributed by atoms with Gasteiger partial charge in [-0.3, -0.25) is 0 Å². The molecule has 0 unspecified atom stereocenters. The molecule has 0 N–H and O–H groups in total. The Kier molecular flexibility index (Phi) is 7.60. The fourth-order valence-electron chi connectivity index (χ4n) is 2.46. The third-order valence-corrected chi connectivity index (χ3v) is 5.05. The van der Waals surface area contributed by atoms with E-state index in [-0.39, 0.29) is 19.6 Å². The molecule has 1 fully saturated rings. The molecule has 1 heterocycles. The van der Waals surface area contributed by atoms with Crippen LogP contribution >= 0.6 is 0 Å². The minimum absolute atomic E-state index is 0.0813. The molecular formula is C15H13F17O2. The van der Waals surface area contributed by atoms with Gasteiger partial charge in [-0.25, -0.2) is 0 Å². The lowest BCUT2D eigenvalue weighted by molar-refractivity contribution is -0.462. The van der Waals surface area contributed by atoms with Crippen molar-refractivity contribution < 1.29 is 84.1 Å². The second kappa shape index (κ2) is 8.40. The van der Waals surface area contributed by atoms with Crippen molar-refractivity contribution >= 4 is 0 Å². The highest BCUT2D eigenvalue weighted by Gasteiger charge is 2.95. The summed E-state index contributed by atoms with van der Waals surface area (Å²) >= 11 is 0. The summed E-state index contributed by atoms with van der Waals surface area (Å²) in [7, 11) is 0. The average molecular weight is 548 g/mol. The zero-order valence-electron chi connectivity index (χ0n) is 16.3. The largest absolute Gasteiger partial charge is 0.460 e. The first-order chi connectivity index (χ1) is 14.7. The van der Waals surface area contributed by atoms with E-state index >= 15 is 0 Å². The van der Waals surface area contributed by atoms with Gasteiger partial charge in [-0.2, -0.15) is 74.6 Å². The fraction of sp³-hybridized carbons (Fsp3) is 1.00. The Morgan fingerprint density at radius 1 is 0.588 bits per heavy atom. The molecule has 0 aromatic heterocycles. The lowest BCUT2D eigenvalue weighted by Gasteiger charge is -2.43. The summed E-state index contributed by atoms with van der Waals surface area (Å²) in [5, 5.41) is 0. The predicted molar refractivity (Wildman–Crippen MR) is 75.0 cm³/mol. The van der Waals surface area contributed by atoms with Crippen LogP contribution in [0.15, 0.2) is 0 Å². The summed E-state index contributed by atoms with van der Waals surface area (Å²) in [6.07, 6.45) is -7.69. The van der Waals surface area contributed by atoms with Crippen LogP contribution in [0.5, 0.6) is 0 Å². The molecule has 0 bridgehead atoms. The Morgan fingerprint density at radius 2 is 0.941 bits per heavy atom. The van der Waals surface area contributed by atoms with E-state index in [1.165, 1.54) is 6.92 Å². The first-order valence-electron chi connectivity index (χ1n) is 8.59. The molecule has 0 aliphatic carbocycles. The zero-order chi connectivity index (χ0) is 27.4.